The van der Waals surface area contributed by atoms with Gasteiger partial charge in [0.05, 0.1) is 23.4 Å². The fourth-order valence-electron chi connectivity index (χ4n) is 4.73. The van der Waals surface area contributed by atoms with Gasteiger partial charge in [0, 0.05) is 30.4 Å². The number of hydrogen-bond donors (Lipinski definition) is 1. The van der Waals surface area contributed by atoms with Gasteiger partial charge in [0.15, 0.2) is 0 Å². The average molecular weight is 556 g/mol. The molecule has 1 atom stereocenters. The zero-order valence-electron chi connectivity index (χ0n) is 22.0. The molecule has 0 spiro atoms. The summed E-state index contributed by atoms with van der Waals surface area (Å²) in [4.78, 5) is 13.0. The van der Waals surface area contributed by atoms with Crippen molar-refractivity contribution in [2.45, 2.75) is 31.2 Å². The van der Waals surface area contributed by atoms with Crippen LogP contribution in [0.15, 0.2) is 94.1 Å². The van der Waals surface area contributed by atoms with Crippen LogP contribution in [0, 0.1) is 17.2 Å². The SMILES string of the molecule is CC1CCCN(S(=O)(=O)c2cccc(-c3nn(-c4ccccc4)cc3/C=C(/C#N)C(=O)NCc3ccco3)c2)C1. The van der Waals surface area contributed by atoms with Crippen LogP contribution in [0.2, 0.25) is 0 Å². The lowest BCUT2D eigenvalue weighted by molar-refractivity contribution is -0.117. The summed E-state index contributed by atoms with van der Waals surface area (Å²) in [6, 6.07) is 21.5. The smallest absolute Gasteiger partial charge is 0.262 e. The number of nitriles is 1. The van der Waals surface area contributed by atoms with Crippen molar-refractivity contribution in [2.75, 3.05) is 13.1 Å². The van der Waals surface area contributed by atoms with E-state index in [2.05, 4.69) is 12.2 Å². The topological polar surface area (TPSA) is 121 Å². The van der Waals surface area contributed by atoms with Gasteiger partial charge in [0.1, 0.15) is 23.1 Å². The predicted molar refractivity (Wildman–Crippen MR) is 150 cm³/mol. The third-order valence-electron chi connectivity index (χ3n) is 6.80. The molecule has 0 radical (unpaired) electrons. The van der Waals surface area contributed by atoms with Crippen LogP contribution < -0.4 is 5.32 Å². The number of nitrogens with one attached hydrogen (secondary N) is 1. The lowest BCUT2D eigenvalue weighted by Crippen LogP contribution is -2.39. The van der Waals surface area contributed by atoms with Crippen molar-refractivity contribution >= 4 is 22.0 Å². The molecule has 1 aliphatic heterocycles. The molecule has 10 heteroatoms. The summed E-state index contributed by atoms with van der Waals surface area (Å²) in [5.41, 5.74) is 2.15. The van der Waals surface area contributed by atoms with Crippen LogP contribution in [0.1, 0.15) is 31.1 Å². The van der Waals surface area contributed by atoms with Gasteiger partial charge >= 0.3 is 0 Å². The first-order valence-corrected chi connectivity index (χ1v) is 14.5. The average Bonchev–Trinajstić information content (AvgIpc) is 3.65. The predicted octanol–water partition coefficient (Wildman–Crippen LogP) is 4.78. The summed E-state index contributed by atoms with van der Waals surface area (Å²) in [6.07, 6.45) is 6.53. The fourth-order valence-corrected chi connectivity index (χ4v) is 6.37. The van der Waals surface area contributed by atoms with Crippen LogP contribution in [-0.4, -0.2) is 41.5 Å². The summed E-state index contributed by atoms with van der Waals surface area (Å²) >= 11 is 0. The minimum absolute atomic E-state index is 0.119. The molecular formula is C30H29N5O4S. The quantitative estimate of drug-likeness (QED) is 0.247. The number of sulfonamides is 1. The van der Waals surface area contributed by atoms with Gasteiger partial charge in [-0.2, -0.15) is 14.7 Å². The van der Waals surface area contributed by atoms with Crippen LogP contribution in [0.5, 0.6) is 0 Å². The molecule has 40 heavy (non-hydrogen) atoms. The Kier molecular flexibility index (Phi) is 7.96. The monoisotopic (exact) mass is 555 g/mol. The van der Waals surface area contributed by atoms with Gasteiger partial charge in [-0.1, -0.05) is 37.3 Å². The van der Waals surface area contributed by atoms with Crippen LogP contribution in [0.25, 0.3) is 23.0 Å². The minimum Gasteiger partial charge on any atom is -0.467 e. The first-order valence-electron chi connectivity index (χ1n) is 13.0. The van der Waals surface area contributed by atoms with E-state index in [-0.39, 0.29) is 17.0 Å². The van der Waals surface area contributed by atoms with Crippen molar-refractivity contribution in [3.05, 3.63) is 96.1 Å². The number of aromatic nitrogens is 2. The third kappa shape index (κ3) is 5.91. The molecule has 4 aromatic rings. The molecule has 9 nitrogen and oxygen atoms in total. The number of nitrogens with zero attached hydrogens (tertiary/aromatic N) is 4. The summed E-state index contributed by atoms with van der Waals surface area (Å²) in [5.74, 6) is 0.297. The Morgan fingerprint density at radius 1 is 1.18 bits per heavy atom. The molecule has 1 unspecified atom stereocenters. The van der Waals surface area contributed by atoms with Gasteiger partial charge in [-0.3, -0.25) is 4.79 Å². The van der Waals surface area contributed by atoms with Crippen molar-refractivity contribution in [1.29, 1.82) is 5.26 Å². The van der Waals surface area contributed by atoms with Gasteiger partial charge in [-0.25, -0.2) is 13.1 Å². The number of para-hydroxylation sites is 1. The third-order valence-corrected chi connectivity index (χ3v) is 8.66. The Hall–Kier alpha value is -4.46. The first-order chi connectivity index (χ1) is 19.3. The van der Waals surface area contributed by atoms with Crippen molar-refractivity contribution < 1.29 is 17.6 Å². The molecule has 1 aliphatic rings. The normalized spacial score (nSPS) is 16.4. The molecule has 3 heterocycles. The van der Waals surface area contributed by atoms with E-state index in [1.165, 1.54) is 12.3 Å². The molecule has 0 aliphatic carbocycles. The summed E-state index contributed by atoms with van der Waals surface area (Å²) in [6.45, 7) is 3.18. The number of carbonyl (C=O) groups excluding carboxylic acids is 1. The fraction of sp³-hybridized carbons (Fsp3) is 0.233. The van der Waals surface area contributed by atoms with Gasteiger partial charge in [-0.15, -0.1) is 0 Å². The Morgan fingerprint density at radius 3 is 2.73 bits per heavy atom. The van der Waals surface area contributed by atoms with E-state index in [9.17, 15) is 18.5 Å². The number of benzene rings is 2. The zero-order valence-corrected chi connectivity index (χ0v) is 22.8. The van der Waals surface area contributed by atoms with E-state index < -0.39 is 15.9 Å². The highest BCUT2D eigenvalue weighted by Gasteiger charge is 2.29. The second kappa shape index (κ2) is 11.7. The molecule has 5 rings (SSSR count). The Morgan fingerprint density at radius 2 is 2.00 bits per heavy atom. The second-order valence-electron chi connectivity index (χ2n) is 9.78. The van der Waals surface area contributed by atoms with Gasteiger partial charge in [-0.05, 0) is 61.2 Å². The Bertz CT molecular complexity index is 1670. The molecule has 2 aromatic heterocycles. The standard InChI is InChI=1S/C30H29N5O4S/c1-22-8-6-14-34(20-22)40(37,38)28-13-5-9-23(17-28)29-25(21-35(33-29)26-10-3-2-4-11-26)16-24(18-31)30(36)32-19-27-12-7-15-39-27/h2-5,7,9-13,15-17,21-22H,6,8,14,19-20H2,1H3,(H,32,36)/b24-16-. The molecule has 204 valence electrons. The number of furan rings is 1. The van der Waals surface area contributed by atoms with E-state index in [1.807, 2.05) is 36.4 Å². The molecule has 0 bridgehead atoms. The summed E-state index contributed by atoms with van der Waals surface area (Å²) in [5, 5.41) is 17.2. The highest BCUT2D eigenvalue weighted by Crippen LogP contribution is 2.30. The van der Waals surface area contributed by atoms with Crippen molar-refractivity contribution in [1.82, 2.24) is 19.4 Å². The van der Waals surface area contributed by atoms with E-state index in [0.717, 1.165) is 18.5 Å². The highest BCUT2D eigenvalue weighted by atomic mass is 32.2. The van der Waals surface area contributed by atoms with E-state index in [1.54, 1.807) is 51.6 Å². The Labute approximate surface area is 233 Å². The van der Waals surface area contributed by atoms with E-state index in [0.29, 0.717) is 41.6 Å². The number of carbonyl (C=O) groups is 1. The van der Waals surface area contributed by atoms with Gasteiger partial charge < -0.3 is 9.73 Å². The van der Waals surface area contributed by atoms with Crippen molar-refractivity contribution in [3.8, 4) is 23.0 Å². The Balaban J connectivity index is 1.53. The molecule has 1 N–H and O–H groups in total. The molecule has 1 amide bonds. The number of hydrogen-bond acceptors (Lipinski definition) is 6. The van der Waals surface area contributed by atoms with Crippen LogP contribution in [0.3, 0.4) is 0 Å². The largest absolute Gasteiger partial charge is 0.467 e. The zero-order chi connectivity index (χ0) is 28.1. The lowest BCUT2D eigenvalue weighted by atomic mass is 10.0. The van der Waals surface area contributed by atoms with Crippen LogP contribution >= 0.6 is 0 Å². The maximum atomic E-state index is 13.5. The summed E-state index contributed by atoms with van der Waals surface area (Å²) in [7, 11) is -3.70. The second-order valence-corrected chi connectivity index (χ2v) is 11.7. The maximum Gasteiger partial charge on any atom is 0.262 e. The summed E-state index contributed by atoms with van der Waals surface area (Å²) < 4.78 is 35.4. The molecule has 2 aromatic carbocycles. The molecule has 1 saturated heterocycles. The van der Waals surface area contributed by atoms with Gasteiger partial charge in [0.25, 0.3) is 5.91 Å². The number of piperidine rings is 1. The van der Waals surface area contributed by atoms with Crippen molar-refractivity contribution in [2.24, 2.45) is 5.92 Å². The molecule has 0 saturated carbocycles. The minimum atomic E-state index is -3.70. The maximum absolute atomic E-state index is 13.5. The van der Waals surface area contributed by atoms with Gasteiger partial charge in [0.2, 0.25) is 10.0 Å². The van der Waals surface area contributed by atoms with E-state index in [4.69, 9.17) is 9.52 Å². The number of amides is 1. The van der Waals surface area contributed by atoms with Crippen LogP contribution in [0.4, 0.5) is 0 Å². The van der Waals surface area contributed by atoms with Crippen molar-refractivity contribution in [3.63, 3.8) is 0 Å². The number of rotatable bonds is 8. The molecule has 1 fully saturated rings. The highest BCUT2D eigenvalue weighted by molar-refractivity contribution is 7.89. The lowest BCUT2D eigenvalue weighted by Gasteiger charge is -2.30. The van der Waals surface area contributed by atoms with E-state index >= 15 is 0 Å². The molecular weight excluding hydrogens is 526 g/mol. The first kappa shape index (κ1) is 27.1. The van der Waals surface area contributed by atoms with Crippen LogP contribution in [-0.2, 0) is 21.4 Å².